The molecule has 4 heteroatoms. The molecule has 112 valence electrons. The molecule has 1 aromatic rings. The summed E-state index contributed by atoms with van der Waals surface area (Å²) < 4.78 is 5.11. The van der Waals surface area contributed by atoms with E-state index in [1.54, 1.807) is 31.4 Å². The predicted octanol–water partition coefficient (Wildman–Crippen LogP) is 2.38. The molecule has 0 heterocycles. The highest BCUT2D eigenvalue weighted by atomic mass is 16.5. The third-order valence-corrected chi connectivity index (χ3v) is 3.78. The van der Waals surface area contributed by atoms with Crippen LogP contribution in [0.1, 0.15) is 32.3 Å². The Balaban J connectivity index is 2.13. The molecule has 1 aliphatic rings. The summed E-state index contributed by atoms with van der Waals surface area (Å²) in [6, 6.07) is 7.12. The maximum atomic E-state index is 12.3. The van der Waals surface area contributed by atoms with Gasteiger partial charge in [0.1, 0.15) is 11.7 Å². The number of hydrogen-bond donors (Lipinski definition) is 0. The second kappa shape index (κ2) is 5.80. The van der Waals surface area contributed by atoms with Gasteiger partial charge in [-0.2, -0.15) is 0 Å². The Morgan fingerprint density at radius 2 is 1.86 bits per heavy atom. The fourth-order valence-electron chi connectivity index (χ4n) is 2.83. The molecule has 0 unspecified atom stereocenters. The minimum Gasteiger partial charge on any atom is -0.497 e. The van der Waals surface area contributed by atoms with Gasteiger partial charge in [-0.05, 0) is 23.1 Å². The molecule has 1 aliphatic carbocycles. The summed E-state index contributed by atoms with van der Waals surface area (Å²) in [5, 5.41) is 0. The number of Topliss-reactive ketones (excluding diaryl/α,β-unsaturated/α-hetero) is 3. The first-order valence-corrected chi connectivity index (χ1v) is 7.03. The fraction of sp³-hybridized carbons (Fsp3) is 0.471. The molecule has 21 heavy (non-hydrogen) atoms. The van der Waals surface area contributed by atoms with E-state index in [9.17, 15) is 14.4 Å². The smallest absolute Gasteiger partial charge is 0.155 e. The van der Waals surface area contributed by atoms with Gasteiger partial charge in [0.15, 0.2) is 17.3 Å². The molecular weight excluding hydrogens is 268 g/mol. The minimum atomic E-state index is -1.08. The Morgan fingerprint density at radius 1 is 1.24 bits per heavy atom. The lowest BCUT2D eigenvalue weighted by atomic mass is 9.70. The first kappa shape index (κ1) is 15.4. The summed E-state index contributed by atoms with van der Waals surface area (Å²) in [7, 11) is 1.55. The summed E-state index contributed by atoms with van der Waals surface area (Å²) in [6.07, 6.45) is 0.653. The van der Waals surface area contributed by atoms with Crippen LogP contribution in [0.4, 0.5) is 0 Å². The number of carbonyl (C=O) groups excluding carboxylic acids is 3. The van der Waals surface area contributed by atoms with E-state index in [1.807, 2.05) is 13.8 Å². The van der Waals surface area contributed by atoms with Crippen molar-refractivity contribution in [2.75, 3.05) is 7.11 Å². The van der Waals surface area contributed by atoms with Gasteiger partial charge >= 0.3 is 0 Å². The zero-order valence-electron chi connectivity index (χ0n) is 12.6. The maximum absolute atomic E-state index is 12.3. The van der Waals surface area contributed by atoms with E-state index in [2.05, 4.69) is 0 Å². The summed E-state index contributed by atoms with van der Waals surface area (Å²) in [5.41, 5.74) is 0.422. The van der Waals surface area contributed by atoms with Crippen molar-refractivity contribution in [2.24, 2.45) is 11.3 Å². The zero-order valence-corrected chi connectivity index (χ0v) is 12.6. The van der Waals surface area contributed by atoms with Crippen molar-refractivity contribution < 1.29 is 19.1 Å². The molecule has 0 spiro atoms. The SMILES string of the molecule is COc1cccc(CC(=O)C2C(=O)CC(C)(C)CC2=O)c1. The first-order valence-electron chi connectivity index (χ1n) is 7.03. The lowest BCUT2D eigenvalue weighted by Crippen LogP contribution is -2.42. The Bertz CT molecular complexity index is 566. The molecule has 1 aromatic carbocycles. The number of methoxy groups -OCH3 is 1. The predicted molar refractivity (Wildman–Crippen MR) is 78.2 cm³/mol. The molecule has 0 aromatic heterocycles. The van der Waals surface area contributed by atoms with E-state index in [0.717, 1.165) is 5.56 Å². The fourth-order valence-corrected chi connectivity index (χ4v) is 2.83. The molecule has 0 atom stereocenters. The molecule has 0 radical (unpaired) electrons. The third-order valence-electron chi connectivity index (χ3n) is 3.78. The van der Waals surface area contributed by atoms with E-state index in [0.29, 0.717) is 5.75 Å². The quantitative estimate of drug-likeness (QED) is 0.798. The van der Waals surface area contributed by atoms with Gasteiger partial charge in [0.05, 0.1) is 7.11 Å². The molecular formula is C17H20O4. The highest BCUT2D eigenvalue weighted by molar-refractivity contribution is 6.21. The Kier molecular flexibility index (Phi) is 4.26. The van der Waals surface area contributed by atoms with Crippen LogP contribution in [-0.2, 0) is 20.8 Å². The van der Waals surface area contributed by atoms with E-state index >= 15 is 0 Å². The number of ether oxygens (including phenoxy) is 1. The van der Waals surface area contributed by atoms with Crippen molar-refractivity contribution in [3.63, 3.8) is 0 Å². The van der Waals surface area contributed by atoms with E-state index in [1.165, 1.54) is 0 Å². The lowest BCUT2D eigenvalue weighted by molar-refractivity contribution is -0.144. The maximum Gasteiger partial charge on any atom is 0.155 e. The van der Waals surface area contributed by atoms with Crippen LogP contribution in [-0.4, -0.2) is 24.5 Å². The van der Waals surface area contributed by atoms with Gasteiger partial charge in [0.2, 0.25) is 0 Å². The van der Waals surface area contributed by atoms with Crippen molar-refractivity contribution >= 4 is 17.3 Å². The molecule has 0 bridgehead atoms. The largest absolute Gasteiger partial charge is 0.497 e. The molecule has 1 saturated carbocycles. The summed E-state index contributed by atoms with van der Waals surface area (Å²) in [5.74, 6) is -1.23. The number of rotatable bonds is 4. The monoisotopic (exact) mass is 288 g/mol. The molecule has 1 fully saturated rings. The van der Waals surface area contributed by atoms with E-state index in [4.69, 9.17) is 4.74 Å². The van der Waals surface area contributed by atoms with Gasteiger partial charge in [0, 0.05) is 19.3 Å². The van der Waals surface area contributed by atoms with Gasteiger partial charge < -0.3 is 4.74 Å². The van der Waals surface area contributed by atoms with E-state index < -0.39 is 5.92 Å². The van der Waals surface area contributed by atoms with E-state index in [-0.39, 0.29) is 42.0 Å². The number of ketones is 3. The van der Waals surface area contributed by atoms with Gasteiger partial charge in [0.25, 0.3) is 0 Å². The van der Waals surface area contributed by atoms with Crippen LogP contribution >= 0.6 is 0 Å². The molecule has 0 saturated heterocycles. The average molecular weight is 288 g/mol. The standard InChI is InChI=1S/C17H20O4/c1-17(2)9-14(19)16(15(20)10-17)13(18)8-11-5-4-6-12(7-11)21-3/h4-7,16H,8-10H2,1-3H3. The van der Waals surface area contributed by atoms with Gasteiger partial charge in [-0.1, -0.05) is 26.0 Å². The summed E-state index contributed by atoms with van der Waals surface area (Å²) in [6.45, 7) is 3.76. The number of hydrogen-bond acceptors (Lipinski definition) is 4. The van der Waals surface area contributed by atoms with Crippen LogP contribution in [0.25, 0.3) is 0 Å². The van der Waals surface area contributed by atoms with Gasteiger partial charge in [-0.25, -0.2) is 0 Å². The molecule has 0 amide bonds. The van der Waals surface area contributed by atoms with Crippen LogP contribution in [0.15, 0.2) is 24.3 Å². The first-order chi connectivity index (χ1) is 9.82. The topological polar surface area (TPSA) is 60.4 Å². The number of benzene rings is 1. The molecule has 2 rings (SSSR count). The molecule has 0 aliphatic heterocycles. The van der Waals surface area contributed by atoms with Crippen molar-refractivity contribution in [1.29, 1.82) is 0 Å². The van der Waals surface area contributed by atoms with Crippen molar-refractivity contribution in [2.45, 2.75) is 33.1 Å². The third kappa shape index (κ3) is 3.57. The van der Waals surface area contributed by atoms with Crippen molar-refractivity contribution in [1.82, 2.24) is 0 Å². The van der Waals surface area contributed by atoms with Gasteiger partial charge in [-0.3, -0.25) is 14.4 Å². The summed E-state index contributed by atoms with van der Waals surface area (Å²) in [4.78, 5) is 36.5. The summed E-state index contributed by atoms with van der Waals surface area (Å²) >= 11 is 0. The average Bonchev–Trinajstić information content (AvgIpc) is 2.36. The Morgan fingerprint density at radius 3 is 2.43 bits per heavy atom. The normalized spacial score (nSPS) is 18.6. The molecule has 0 N–H and O–H groups in total. The molecule has 4 nitrogen and oxygen atoms in total. The van der Waals surface area contributed by atoms with Crippen LogP contribution in [0.5, 0.6) is 5.75 Å². The second-order valence-electron chi connectivity index (χ2n) is 6.38. The zero-order chi connectivity index (χ0) is 15.6. The number of carbonyl (C=O) groups is 3. The Hall–Kier alpha value is -1.97. The highest BCUT2D eigenvalue weighted by Crippen LogP contribution is 2.34. The van der Waals surface area contributed by atoms with Crippen LogP contribution < -0.4 is 4.74 Å². The lowest BCUT2D eigenvalue weighted by Gasteiger charge is -2.31. The van der Waals surface area contributed by atoms with Gasteiger partial charge in [-0.15, -0.1) is 0 Å². The Labute approximate surface area is 124 Å². The van der Waals surface area contributed by atoms with Crippen molar-refractivity contribution in [3.05, 3.63) is 29.8 Å². The highest BCUT2D eigenvalue weighted by Gasteiger charge is 2.42. The van der Waals surface area contributed by atoms with Crippen LogP contribution in [0.2, 0.25) is 0 Å². The van der Waals surface area contributed by atoms with Crippen LogP contribution in [0.3, 0.4) is 0 Å². The second-order valence-corrected chi connectivity index (χ2v) is 6.38. The van der Waals surface area contributed by atoms with Crippen LogP contribution in [0, 0.1) is 11.3 Å². The van der Waals surface area contributed by atoms with Crippen molar-refractivity contribution in [3.8, 4) is 5.75 Å². The minimum absolute atomic E-state index is 0.0831.